The third-order valence-electron chi connectivity index (χ3n) is 4.77. The van der Waals surface area contributed by atoms with Crippen LogP contribution in [-0.4, -0.2) is 82.5 Å². The maximum atomic E-state index is 12.7. The molecule has 2 fully saturated rings. The van der Waals surface area contributed by atoms with Crippen LogP contribution >= 0.6 is 0 Å². The summed E-state index contributed by atoms with van der Waals surface area (Å²) in [6, 6.07) is 1.63. The Kier molecular flexibility index (Phi) is 5.43. The van der Waals surface area contributed by atoms with Crippen LogP contribution in [0.15, 0.2) is 12.3 Å². The van der Waals surface area contributed by atoms with E-state index in [9.17, 15) is 14.4 Å². The van der Waals surface area contributed by atoms with Crippen molar-refractivity contribution in [2.24, 2.45) is 0 Å². The molecule has 0 radical (unpaired) electrons. The third kappa shape index (κ3) is 4.61. The lowest BCUT2D eigenvalue weighted by Gasteiger charge is -2.35. The number of carbonyl (C=O) groups is 3. The minimum absolute atomic E-state index is 0.0544. The summed E-state index contributed by atoms with van der Waals surface area (Å²) >= 11 is 0. The van der Waals surface area contributed by atoms with E-state index in [1.54, 1.807) is 27.0 Å². The molecule has 1 N–H and O–H groups in total. The average molecular weight is 376 g/mol. The molecule has 8 nitrogen and oxygen atoms in total. The molecule has 148 valence electrons. The minimum atomic E-state index is -0.534. The molecule has 0 atom stereocenters. The number of likely N-dealkylation sites (tertiary alicyclic amines) is 1. The van der Waals surface area contributed by atoms with Crippen molar-refractivity contribution in [3.05, 3.63) is 23.5 Å². The maximum Gasteiger partial charge on any atom is 0.410 e. The molecule has 0 saturated carbocycles. The second-order valence-corrected chi connectivity index (χ2v) is 8.06. The molecule has 0 bridgehead atoms. The summed E-state index contributed by atoms with van der Waals surface area (Å²) in [5.74, 6) is -0.183. The molecule has 2 aliphatic heterocycles. The summed E-state index contributed by atoms with van der Waals surface area (Å²) in [6.07, 6.45) is 3.29. The van der Waals surface area contributed by atoms with Crippen LogP contribution < -0.4 is 0 Å². The zero-order chi connectivity index (χ0) is 19.6. The summed E-state index contributed by atoms with van der Waals surface area (Å²) in [7, 11) is 0. The normalized spacial score (nSPS) is 18.0. The Morgan fingerprint density at radius 2 is 1.44 bits per heavy atom. The van der Waals surface area contributed by atoms with Crippen molar-refractivity contribution >= 4 is 17.9 Å². The van der Waals surface area contributed by atoms with Crippen LogP contribution in [0.4, 0.5) is 4.79 Å². The van der Waals surface area contributed by atoms with Crippen molar-refractivity contribution in [3.63, 3.8) is 0 Å². The molecule has 8 heteroatoms. The maximum absolute atomic E-state index is 12.7. The van der Waals surface area contributed by atoms with E-state index in [1.807, 2.05) is 20.8 Å². The zero-order valence-corrected chi connectivity index (χ0v) is 16.3. The monoisotopic (exact) mass is 376 g/mol. The lowest BCUT2D eigenvalue weighted by Crippen LogP contribution is -2.51. The molecule has 3 heterocycles. The fourth-order valence-electron chi connectivity index (χ4n) is 3.33. The van der Waals surface area contributed by atoms with Crippen molar-refractivity contribution in [3.8, 4) is 0 Å². The first-order chi connectivity index (χ1) is 12.7. The van der Waals surface area contributed by atoms with E-state index in [-0.39, 0.29) is 17.9 Å². The molecule has 27 heavy (non-hydrogen) atoms. The van der Waals surface area contributed by atoms with Crippen molar-refractivity contribution in [1.82, 2.24) is 19.7 Å². The van der Waals surface area contributed by atoms with Gasteiger partial charge in [-0.15, -0.1) is 0 Å². The van der Waals surface area contributed by atoms with E-state index >= 15 is 0 Å². The summed E-state index contributed by atoms with van der Waals surface area (Å²) < 4.78 is 5.37. The Bertz CT molecular complexity index is 708. The molecule has 0 unspecified atom stereocenters. The van der Waals surface area contributed by atoms with E-state index < -0.39 is 5.60 Å². The Labute approximate surface area is 159 Å². The highest BCUT2D eigenvalue weighted by Gasteiger charge is 2.29. The molecule has 3 rings (SSSR count). The number of hydrogen-bond donors (Lipinski definition) is 1. The van der Waals surface area contributed by atoms with Crippen LogP contribution in [0.2, 0.25) is 0 Å². The number of ether oxygens (including phenoxy) is 1. The number of piperazine rings is 1. The van der Waals surface area contributed by atoms with E-state index in [1.165, 1.54) is 0 Å². The van der Waals surface area contributed by atoms with Crippen molar-refractivity contribution in [2.45, 2.75) is 39.2 Å². The van der Waals surface area contributed by atoms with Gasteiger partial charge in [0.2, 0.25) is 0 Å². The van der Waals surface area contributed by atoms with Gasteiger partial charge in [-0.3, -0.25) is 9.59 Å². The predicted molar refractivity (Wildman–Crippen MR) is 99.6 cm³/mol. The molecular weight excluding hydrogens is 348 g/mol. The molecule has 0 aliphatic carbocycles. The Morgan fingerprint density at radius 3 is 2.04 bits per heavy atom. The largest absolute Gasteiger partial charge is 0.444 e. The second-order valence-electron chi connectivity index (χ2n) is 8.06. The quantitative estimate of drug-likeness (QED) is 0.855. The number of H-pyrrole nitrogens is 1. The summed E-state index contributed by atoms with van der Waals surface area (Å²) in [4.78, 5) is 45.3. The first-order valence-electron chi connectivity index (χ1n) is 9.49. The fourth-order valence-corrected chi connectivity index (χ4v) is 3.33. The van der Waals surface area contributed by atoms with Gasteiger partial charge in [0, 0.05) is 45.5 Å². The number of aromatic nitrogens is 1. The van der Waals surface area contributed by atoms with Crippen LogP contribution in [-0.2, 0) is 4.74 Å². The zero-order valence-electron chi connectivity index (χ0n) is 16.3. The minimum Gasteiger partial charge on any atom is -0.444 e. The molecule has 0 aromatic carbocycles. The molecule has 0 spiro atoms. The molecule has 1 aromatic rings. The average Bonchev–Trinajstić information content (AvgIpc) is 3.31. The van der Waals surface area contributed by atoms with Gasteiger partial charge in [0.1, 0.15) is 11.3 Å². The summed E-state index contributed by atoms with van der Waals surface area (Å²) in [5.41, 5.74) is 0.392. The van der Waals surface area contributed by atoms with Gasteiger partial charge in [0.15, 0.2) is 0 Å². The van der Waals surface area contributed by atoms with E-state index in [2.05, 4.69) is 4.98 Å². The highest BCUT2D eigenvalue weighted by molar-refractivity contribution is 5.99. The van der Waals surface area contributed by atoms with E-state index in [0.717, 1.165) is 25.9 Å². The number of nitrogens with zero attached hydrogens (tertiary/aromatic N) is 3. The number of amides is 3. The van der Waals surface area contributed by atoms with Gasteiger partial charge in [-0.25, -0.2) is 4.79 Å². The molecule has 2 aliphatic rings. The number of carbonyl (C=O) groups excluding carboxylic acids is 3. The van der Waals surface area contributed by atoms with Crippen LogP contribution in [0.5, 0.6) is 0 Å². The molecule has 2 saturated heterocycles. The Hall–Kier alpha value is -2.51. The molecule has 1 aromatic heterocycles. The second kappa shape index (κ2) is 7.62. The van der Waals surface area contributed by atoms with Crippen LogP contribution in [0, 0.1) is 0 Å². The van der Waals surface area contributed by atoms with Crippen molar-refractivity contribution in [1.29, 1.82) is 0 Å². The number of rotatable bonds is 2. The molecule has 3 amide bonds. The van der Waals surface area contributed by atoms with Crippen LogP contribution in [0.3, 0.4) is 0 Å². The predicted octanol–water partition coefficient (Wildman–Crippen LogP) is 1.94. The third-order valence-corrected chi connectivity index (χ3v) is 4.77. The highest BCUT2D eigenvalue weighted by Crippen LogP contribution is 2.16. The Balaban J connectivity index is 1.55. The van der Waals surface area contributed by atoms with Crippen molar-refractivity contribution < 1.29 is 19.1 Å². The first kappa shape index (κ1) is 19.3. The van der Waals surface area contributed by atoms with Gasteiger partial charge in [-0.05, 0) is 39.7 Å². The number of nitrogens with one attached hydrogen (secondary N) is 1. The van der Waals surface area contributed by atoms with E-state index in [0.29, 0.717) is 37.4 Å². The lowest BCUT2D eigenvalue weighted by atomic mass is 10.2. The van der Waals surface area contributed by atoms with Crippen LogP contribution in [0.25, 0.3) is 0 Å². The van der Waals surface area contributed by atoms with Gasteiger partial charge in [0.05, 0.1) is 5.56 Å². The van der Waals surface area contributed by atoms with Crippen LogP contribution in [0.1, 0.15) is 54.5 Å². The lowest BCUT2D eigenvalue weighted by molar-refractivity contribution is 0.0141. The van der Waals surface area contributed by atoms with Gasteiger partial charge in [-0.1, -0.05) is 0 Å². The fraction of sp³-hybridized carbons (Fsp3) is 0.632. The highest BCUT2D eigenvalue weighted by atomic mass is 16.6. The van der Waals surface area contributed by atoms with Gasteiger partial charge >= 0.3 is 6.09 Å². The molecular formula is C19H28N4O4. The standard InChI is InChI=1S/C19H28N4O4/c1-19(2,3)27-18(26)23-10-8-22(9-11-23)16(24)14-12-15(20-13-14)17(25)21-6-4-5-7-21/h12-13,20H,4-11H2,1-3H3. The number of hydrogen-bond acceptors (Lipinski definition) is 4. The Morgan fingerprint density at radius 1 is 0.889 bits per heavy atom. The summed E-state index contributed by atoms with van der Waals surface area (Å²) in [6.45, 7) is 8.79. The SMILES string of the molecule is CC(C)(C)OC(=O)N1CCN(C(=O)c2c[nH]c(C(=O)N3CCCC3)c2)CC1. The van der Waals surface area contributed by atoms with Gasteiger partial charge in [-0.2, -0.15) is 0 Å². The van der Waals surface area contributed by atoms with Gasteiger partial charge in [0.25, 0.3) is 11.8 Å². The van der Waals surface area contributed by atoms with Gasteiger partial charge < -0.3 is 24.4 Å². The van der Waals surface area contributed by atoms with E-state index in [4.69, 9.17) is 4.74 Å². The van der Waals surface area contributed by atoms with Crippen molar-refractivity contribution in [2.75, 3.05) is 39.3 Å². The smallest absolute Gasteiger partial charge is 0.410 e. The topological polar surface area (TPSA) is 86.0 Å². The first-order valence-corrected chi connectivity index (χ1v) is 9.49. The number of aromatic amines is 1. The summed E-state index contributed by atoms with van der Waals surface area (Å²) in [5, 5.41) is 0.